The molecule has 2 aromatic carbocycles. The van der Waals surface area contributed by atoms with E-state index in [9.17, 15) is 0 Å². The van der Waals surface area contributed by atoms with Gasteiger partial charge in [-0.05, 0) is 55.0 Å². The van der Waals surface area contributed by atoms with Gasteiger partial charge >= 0.3 is 0 Å². The van der Waals surface area contributed by atoms with Gasteiger partial charge in [0, 0.05) is 23.1 Å². The number of para-hydroxylation sites is 1. The average Bonchev–Trinajstić information content (AvgIpc) is 2.46. The second-order valence-corrected chi connectivity index (χ2v) is 7.46. The summed E-state index contributed by atoms with van der Waals surface area (Å²) in [5, 5.41) is 7.59. The summed E-state index contributed by atoms with van der Waals surface area (Å²) in [6.45, 7) is 9.25. The zero-order valence-electron chi connectivity index (χ0n) is 13.9. The summed E-state index contributed by atoms with van der Waals surface area (Å²) in [7, 11) is 0. The Bertz CT molecular complexity index is 699. The fourth-order valence-corrected chi connectivity index (χ4v) is 4.04. The molecule has 2 heteroatoms. The van der Waals surface area contributed by atoms with Crippen LogP contribution in [0.3, 0.4) is 0 Å². The lowest BCUT2D eigenvalue weighted by molar-refractivity contribution is 0.326. The largest absolute Gasteiger partial charge is 0.336 e. The number of nitrogens with zero attached hydrogens (tertiary/aromatic N) is 1. The molecule has 22 heavy (non-hydrogen) atoms. The van der Waals surface area contributed by atoms with E-state index in [1.807, 2.05) is 0 Å². The van der Waals surface area contributed by atoms with E-state index in [2.05, 4.69) is 81.1 Å². The quantitative estimate of drug-likeness (QED) is 0.749. The van der Waals surface area contributed by atoms with Gasteiger partial charge in [-0.3, -0.25) is 0 Å². The Labute approximate surface area is 133 Å². The molecule has 0 radical (unpaired) electrons. The van der Waals surface area contributed by atoms with Crippen LogP contribution in [0.15, 0.2) is 48.5 Å². The van der Waals surface area contributed by atoms with Crippen LogP contribution in [0.4, 0.5) is 11.4 Å². The zero-order chi connectivity index (χ0) is 16.0. The smallest absolute Gasteiger partial charge is 0.0460 e. The molecule has 0 amide bonds. The van der Waals surface area contributed by atoms with Gasteiger partial charge in [-0.2, -0.15) is 0 Å². The summed E-state index contributed by atoms with van der Waals surface area (Å²) >= 11 is 0. The van der Waals surface area contributed by atoms with Crippen molar-refractivity contribution >= 4 is 17.6 Å². The molecule has 0 fully saturated rings. The molecular formula is C20H24N2. The molecule has 2 aromatic rings. The van der Waals surface area contributed by atoms with E-state index in [4.69, 9.17) is 5.41 Å². The molecule has 3 rings (SSSR count). The van der Waals surface area contributed by atoms with E-state index in [1.54, 1.807) is 0 Å². The van der Waals surface area contributed by atoms with Crippen molar-refractivity contribution in [2.75, 3.05) is 4.90 Å². The second kappa shape index (κ2) is 4.98. The number of hydrogen-bond acceptors (Lipinski definition) is 2. The van der Waals surface area contributed by atoms with E-state index in [1.165, 1.54) is 23.2 Å². The lowest BCUT2D eigenvalue weighted by Crippen LogP contribution is -2.49. The maximum absolute atomic E-state index is 7.59. The fraction of sp³-hybridized carbons (Fsp3) is 0.350. The summed E-state index contributed by atoms with van der Waals surface area (Å²) in [4.78, 5) is 2.43. The number of anilines is 2. The van der Waals surface area contributed by atoms with Crippen LogP contribution in [0, 0.1) is 5.41 Å². The summed E-state index contributed by atoms with van der Waals surface area (Å²) < 4.78 is 0. The van der Waals surface area contributed by atoms with Gasteiger partial charge in [-0.15, -0.1) is 0 Å². The number of rotatable bonds is 2. The molecule has 1 aliphatic rings. The third-order valence-corrected chi connectivity index (χ3v) is 4.65. The molecule has 1 N–H and O–H groups in total. The van der Waals surface area contributed by atoms with E-state index < -0.39 is 0 Å². The normalized spacial score (nSPS) is 18.6. The lowest BCUT2D eigenvalue weighted by atomic mass is 9.69. The standard InChI is InChI=1S/C20H24N2/c1-19(2)14-20(3,4)22(16-8-6-5-7-9-16)18-12-15(13-21)10-11-17(18)19/h5-13,21H,14H2,1-4H3. The number of fused-ring (bicyclic) bond motifs is 1. The van der Waals surface area contributed by atoms with Gasteiger partial charge in [0.25, 0.3) is 0 Å². The minimum absolute atomic E-state index is 0.0263. The minimum atomic E-state index is 0.0263. The Morgan fingerprint density at radius 1 is 1.00 bits per heavy atom. The molecule has 0 atom stereocenters. The molecular weight excluding hydrogens is 268 g/mol. The first-order valence-electron chi connectivity index (χ1n) is 7.85. The first-order chi connectivity index (χ1) is 10.3. The Balaban J connectivity index is 2.27. The van der Waals surface area contributed by atoms with Gasteiger partial charge in [0.05, 0.1) is 0 Å². The lowest BCUT2D eigenvalue weighted by Gasteiger charge is -2.51. The van der Waals surface area contributed by atoms with Gasteiger partial charge in [0.15, 0.2) is 0 Å². The van der Waals surface area contributed by atoms with Crippen molar-refractivity contribution in [2.24, 2.45) is 0 Å². The monoisotopic (exact) mass is 292 g/mol. The SMILES string of the molecule is CC1(C)CC(C)(C)N(c2ccccc2)c2cc(C=N)ccc21. The van der Waals surface area contributed by atoms with Crippen molar-refractivity contribution in [3.63, 3.8) is 0 Å². The third-order valence-electron chi connectivity index (χ3n) is 4.65. The van der Waals surface area contributed by atoms with Gasteiger partial charge in [0.1, 0.15) is 0 Å². The van der Waals surface area contributed by atoms with Crippen LogP contribution < -0.4 is 4.90 Å². The fourth-order valence-electron chi connectivity index (χ4n) is 4.04. The number of nitrogens with one attached hydrogen (secondary N) is 1. The molecule has 0 saturated carbocycles. The topological polar surface area (TPSA) is 27.1 Å². The summed E-state index contributed by atoms with van der Waals surface area (Å²) in [6.07, 6.45) is 2.52. The van der Waals surface area contributed by atoms with E-state index >= 15 is 0 Å². The molecule has 0 saturated heterocycles. The highest BCUT2D eigenvalue weighted by Crippen LogP contribution is 2.50. The predicted octanol–water partition coefficient (Wildman–Crippen LogP) is 5.28. The van der Waals surface area contributed by atoms with Crippen LogP contribution in [-0.4, -0.2) is 11.8 Å². The highest BCUT2D eigenvalue weighted by atomic mass is 15.2. The highest BCUT2D eigenvalue weighted by Gasteiger charge is 2.42. The Hall–Kier alpha value is -2.09. The van der Waals surface area contributed by atoms with Crippen molar-refractivity contribution in [2.45, 2.75) is 45.1 Å². The number of benzene rings is 2. The van der Waals surface area contributed by atoms with Crippen molar-refractivity contribution < 1.29 is 0 Å². The van der Waals surface area contributed by atoms with Gasteiger partial charge in [0.2, 0.25) is 0 Å². The Morgan fingerprint density at radius 3 is 2.32 bits per heavy atom. The van der Waals surface area contributed by atoms with E-state index in [0.717, 1.165) is 12.0 Å². The van der Waals surface area contributed by atoms with Gasteiger partial charge < -0.3 is 10.3 Å². The maximum atomic E-state index is 7.59. The molecule has 0 spiro atoms. The van der Waals surface area contributed by atoms with Gasteiger partial charge in [-0.25, -0.2) is 0 Å². The summed E-state index contributed by atoms with van der Waals surface area (Å²) in [5.74, 6) is 0. The molecule has 2 nitrogen and oxygen atoms in total. The maximum Gasteiger partial charge on any atom is 0.0460 e. The first kappa shape index (κ1) is 14.8. The van der Waals surface area contributed by atoms with Crippen molar-refractivity contribution in [1.29, 1.82) is 5.41 Å². The predicted molar refractivity (Wildman–Crippen MR) is 94.6 cm³/mol. The van der Waals surface area contributed by atoms with Crippen LogP contribution in [-0.2, 0) is 5.41 Å². The van der Waals surface area contributed by atoms with Gasteiger partial charge in [-0.1, -0.05) is 44.2 Å². The minimum Gasteiger partial charge on any atom is -0.336 e. The van der Waals surface area contributed by atoms with Crippen LogP contribution in [0.2, 0.25) is 0 Å². The van der Waals surface area contributed by atoms with Crippen LogP contribution in [0.1, 0.15) is 45.2 Å². The highest BCUT2D eigenvalue weighted by molar-refractivity contribution is 5.82. The van der Waals surface area contributed by atoms with Crippen LogP contribution in [0.5, 0.6) is 0 Å². The average molecular weight is 292 g/mol. The van der Waals surface area contributed by atoms with Crippen molar-refractivity contribution in [3.8, 4) is 0 Å². The summed E-state index contributed by atoms with van der Waals surface area (Å²) in [6, 6.07) is 17.0. The summed E-state index contributed by atoms with van der Waals surface area (Å²) in [5.41, 5.74) is 4.91. The van der Waals surface area contributed by atoms with Crippen LogP contribution >= 0.6 is 0 Å². The molecule has 1 aliphatic heterocycles. The first-order valence-corrected chi connectivity index (χ1v) is 7.85. The van der Waals surface area contributed by atoms with Crippen molar-refractivity contribution in [1.82, 2.24) is 0 Å². The zero-order valence-corrected chi connectivity index (χ0v) is 13.9. The third kappa shape index (κ3) is 2.33. The molecule has 1 heterocycles. The molecule has 0 unspecified atom stereocenters. The molecule has 0 aliphatic carbocycles. The molecule has 0 aromatic heterocycles. The van der Waals surface area contributed by atoms with E-state index in [0.29, 0.717) is 0 Å². The second-order valence-electron chi connectivity index (χ2n) is 7.46. The van der Waals surface area contributed by atoms with E-state index in [-0.39, 0.29) is 11.0 Å². The van der Waals surface area contributed by atoms with Crippen molar-refractivity contribution in [3.05, 3.63) is 59.7 Å². The number of hydrogen-bond donors (Lipinski definition) is 1. The molecule has 114 valence electrons. The Morgan fingerprint density at radius 2 is 1.68 bits per heavy atom. The Kier molecular flexibility index (Phi) is 3.36. The molecule has 0 bridgehead atoms. The van der Waals surface area contributed by atoms with Crippen LogP contribution in [0.25, 0.3) is 0 Å².